The van der Waals surface area contributed by atoms with Gasteiger partial charge in [0.25, 0.3) is 0 Å². The summed E-state index contributed by atoms with van der Waals surface area (Å²) in [6.07, 6.45) is 3.65. The van der Waals surface area contributed by atoms with Crippen molar-refractivity contribution in [3.8, 4) is 5.75 Å². The molecular weight excluding hydrogens is 268 g/mol. The summed E-state index contributed by atoms with van der Waals surface area (Å²) in [5.74, 6) is -0.326. The first kappa shape index (κ1) is 14.6. The van der Waals surface area contributed by atoms with E-state index in [1.54, 1.807) is 12.1 Å². The second kappa shape index (κ2) is 6.09. The average Bonchev–Trinajstić information content (AvgIpc) is 2.46. The van der Waals surface area contributed by atoms with Crippen molar-refractivity contribution in [2.24, 2.45) is 0 Å². The molecular formula is C16H16N2O3. The number of anilines is 1. The molecule has 2 aromatic rings. The van der Waals surface area contributed by atoms with Gasteiger partial charge in [0.1, 0.15) is 0 Å². The van der Waals surface area contributed by atoms with Crippen LogP contribution in [-0.2, 0) is 0 Å². The van der Waals surface area contributed by atoms with Crippen molar-refractivity contribution >= 4 is 23.5 Å². The summed E-state index contributed by atoms with van der Waals surface area (Å²) >= 11 is 0. The molecule has 0 heterocycles. The molecule has 2 aromatic carbocycles. The summed E-state index contributed by atoms with van der Waals surface area (Å²) in [4.78, 5) is 12.2. The zero-order valence-corrected chi connectivity index (χ0v) is 11.9. The monoisotopic (exact) mass is 284 g/mol. The number of phenolic OH excluding ortho intramolecular Hbond substituents is 1. The number of benzene rings is 2. The molecule has 5 nitrogen and oxygen atoms in total. The zero-order valence-electron chi connectivity index (χ0n) is 11.9. The molecule has 0 bridgehead atoms. The lowest BCUT2D eigenvalue weighted by molar-refractivity contribution is -0.385. The highest BCUT2D eigenvalue weighted by atomic mass is 16.6. The fourth-order valence-corrected chi connectivity index (χ4v) is 1.87. The lowest BCUT2D eigenvalue weighted by atomic mass is 10.1. The number of aromatic hydroxyl groups is 1. The quantitative estimate of drug-likeness (QED) is 0.530. The van der Waals surface area contributed by atoms with Crippen LogP contribution in [0.25, 0.3) is 12.2 Å². The second-order valence-electron chi connectivity index (χ2n) is 4.82. The molecule has 0 atom stereocenters. The third-order valence-corrected chi connectivity index (χ3v) is 3.07. The minimum Gasteiger partial charge on any atom is -0.502 e. The predicted octanol–water partition coefficient (Wildman–Crippen LogP) is 3.54. The van der Waals surface area contributed by atoms with Gasteiger partial charge in [-0.15, -0.1) is 0 Å². The van der Waals surface area contributed by atoms with Crippen LogP contribution >= 0.6 is 0 Å². The van der Waals surface area contributed by atoms with Gasteiger partial charge in [0.2, 0.25) is 0 Å². The molecule has 0 aliphatic heterocycles. The highest BCUT2D eigenvalue weighted by Crippen LogP contribution is 2.27. The highest BCUT2D eigenvalue weighted by molar-refractivity contribution is 5.72. The Labute approximate surface area is 122 Å². The molecule has 0 radical (unpaired) electrons. The van der Waals surface area contributed by atoms with Gasteiger partial charge in [-0.25, -0.2) is 0 Å². The van der Waals surface area contributed by atoms with E-state index >= 15 is 0 Å². The number of hydrogen-bond donors (Lipinski definition) is 1. The number of phenols is 1. The summed E-state index contributed by atoms with van der Waals surface area (Å²) in [6, 6.07) is 12.2. The first-order valence-electron chi connectivity index (χ1n) is 6.40. The molecule has 5 heteroatoms. The summed E-state index contributed by atoms with van der Waals surface area (Å²) in [6.45, 7) is 0. The Bertz CT molecular complexity index is 676. The van der Waals surface area contributed by atoms with Gasteiger partial charge in [-0.05, 0) is 29.3 Å². The summed E-state index contributed by atoms with van der Waals surface area (Å²) in [5.41, 5.74) is 2.47. The predicted molar refractivity (Wildman–Crippen MR) is 84.5 cm³/mol. The topological polar surface area (TPSA) is 66.6 Å². The van der Waals surface area contributed by atoms with Crippen LogP contribution in [0.2, 0.25) is 0 Å². The lowest BCUT2D eigenvalue weighted by Gasteiger charge is -2.11. The highest BCUT2D eigenvalue weighted by Gasteiger charge is 2.12. The Morgan fingerprint density at radius 3 is 2.19 bits per heavy atom. The number of nitrogens with zero attached hydrogens (tertiary/aromatic N) is 2. The lowest BCUT2D eigenvalue weighted by Crippen LogP contribution is -2.07. The third-order valence-electron chi connectivity index (χ3n) is 3.07. The van der Waals surface area contributed by atoms with Crippen LogP contribution < -0.4 is 4.90 Å². The standard InChI is InChI=1S/C16H16N2O3/c1-17(2)14-8-5-12(6-9-14)3-4-13-7-10-16(19)15(11-13)18(20)21/h3-11,19H,1-2H3/b4-3+. The normalized spacial score (nSPS) is 10.8. The summed E-state index contributed by atoms with van der Waals surface area (Å²) in [5, 5.41) is 20.2. The van der Waals surface area contributed by atoms with Crippen molar-refractivity contribution in [3.63, 3.8) is 0 Å². The maximum absolute atomic E-state index is 10.8. The molecule has 21 heavy (non-hydrogen) atoms. The van der Waals surface area contributed by atoms with Gasteiger partial charge < -0.3 is 10.0 Å². The molecule has 0 saturated carbocycles. The summed E-state index contributed by atoms with van der Waals surface area (Å²) < 4.78 is 0. The Balaban J connectivity index is 2.21. The van der Waals surface area contributed by atoms with E-state index in [1.807, 2.05) is 49.3 Å². The second-order valence-corrected chi connectivity index (χ2v) is 4.82. The van der Waals surface area contributed by atoms with E-state index in [9.17, 15) is 15.2 Å². The third kappa shape index (κ3) is 3.60. The summed E-state index contributed by atoms with van der Waals surface area (Å²) in [7, 11) is 3.95. The van der Waals surface area contributed by atoms with Gasteiger partial charge in [-0.2, -0.15) is 0 Å². The fraction of sp³-hybridized carbons (Fsp3) is 0.125. The van der Waals surface area contributed by atoms with E-state index in [1.165, 1.54) is 12.1 Å². The molecule has 108 valence electrons. The Kier molecular flexibility index (Phi) is 4.23. The smallest absolute Gasteiger partial charge is 0.311 e. The Morgan fingerprint density at radius 2 is 1.62 bits per heavy atom. The van der Waals surface area contributed by atoms with Crippen LogP contribution in [0.1, 0.15) is 11.1 Å². The van der Waals surface area contributed by atoms with E-state index in [0.717, 1.165) is 11.3 Å². The van der Waals surface area contributed by atoms with Crippen LogP contribution in [0, 0.1) is 10.1 Å². The van der Waals surface area contributed by atoms with Crippen molar-refractivity contribution in [2.45, 2.75) is 0 Å². The van der Waals surface area contributed by atoms with E-state index < -0.39 is 4.92 Å². The van der Waals surface area contributed by atoms with E-state index in [2.05, 4.69) is 0 Å². The van der Waals surface area contributed by atoms with E-state index in [4.69, 9.17) is 0 Å². The number of nitro groups is 1. The number of rotatable bonds is 4. The van der Waals surface area contributed by atoms with Gasteiger partial charge >= 0.3 is 5.69 Å². The Morgan fingerprint density at radius 1 is 1.05 bits per heavy atom. The molecule has 1 N–H and O–H groups in total. The van der Waals surface area contributed by atoms with Gasteiger partial charge in [0.05, 0.1) is 4.92 Å². The molecule has 0 spiro atoms. The number of hydrogen-bond acceptors (Lipinski definition) is 4. The minimum atomic E-state index is -0.599. The first-order chi connectivity index (χ1) is 9.97. The van der Waals surface area contributed by atoms with Gasteiger partial charge in [0.15, 0.2) is 5.75 Å². The molecule has 0 amide bonds. The molecule has 0 aliphatic carbocycles. The Hall–Kier alpha value is -2.82. The molecule has 0 aliphatic rings. The van der Waals surface area contributed by atoms with Gasteiger partial charge in [-0.1, -0.05) is 30.4 Å². The number of nitro benzene ring substituents is 1. The molecule has 2 rings (SSSR count). The maximum atomic E-state index is 10.8. The SMILES string of the molecule is CN(C)c1ccc(/C=C/c2ccc(O)c([N+](=O)[O-])c2)cc1. The minimum absolute atomic E-state index is 0.292. The van der Waals surface area contributed by atoms with Gasteiger partial charge in [0, 0.05) is 25.8 Å². The molecule has 0 fully saturated rings. The first-order valence-corrected chi connectivity index (χ1v) is 6.40. The van der Waals surface area contributed by atoms with E-state index in [0.29, 0.717) is 5.56 Å². The van der Waals surface area contributed by atoms with E-state index in [-0.39, 0.29) is 11.4 Å². The molecule has 0 aromatic heterocycles. The van der Waals surface area contributed by atoms with Crippen LogP contribution in [0.5, 0.6) is 5.75 Å². The molecule has 0 saturated heterocycles. The fourth-order valence-electron chi connectivity index (χ4n) is 1.87. The largest absolute Gasteiger partial charge is 0.502 e. The maximum Gasteiger partial charge on any atom is 0.311 e. The van der Waals surface area contributed by atoms with Gasteiger partial charge in [-0.3, -0.25) is 10.1 Å². The average molecular weight is 284 g/mol. The van der Waals surface area contributed by atoms with Crippen LogP contribution in [0.15, 0.2) is 42.5 Å². The molecule has 0 unspecified atom stereocenters. The van der Waals surface area contributed by atoms with Crippen LogP contribution in [-0.4, -0.2) is 24.1 Å². The van der Waals surface area contributed by atoms with Crippen molar-refractivity contribution in [1.82, 2.24) is 0 Å². The van der Waals surface area contributed by atoms with Crippen LogP contribution in [0.3, 0.4) is 0 Å². The van der Waals surface area contributed by atoms with Crippen LogP contribution in [0.4, 0.5) is 11.4 Å². The van der Waals surface area contributed by atoms with Crippen molar-refractivity contribution in [2.75, 3.05) is 19.0 Å². The van der Waals surface area contributed by atoms with Crippen molar-refractivity contribution in [1.29, 1.82) is 0 Å². The zero-order chi connectivity index (χ0) is 15.4. The van der Waals surface area contributed by atoms with Crippen molar-refractivity contribution in [3.05, 3.63) is 63.7 Å². The van der Waals surface area contributed by atoms with Crippen molar-refractivity contribution < 1.29 is 10.0 Å².